The van der Waals surface area contributed by atoms with Crippen molar-refractivity contribution in [1.29, 1.82) is 0 Å². The molecular weight excluding hydrogens is 470 g/mol. The number of hydrogen-bond acceptors (Lipinski definition) is 5. The number of carbonyl (C=O) groups is 1. The van der Waals surface area contributed by atoms with Gasteiger partial charge in [0.05, 0.1) is 5.02 Å². The highest BCUT2D eigenvalue weighted by Gasteiger charge is 2.31. The van der Waals surface area contributed by atoms with Gasteiger partial charge in [0.15, 0.2) is 10.6 Å². The van der Waals surface area contributed by atoms with Crippen LogP contribution in [-0.2, 0) is 21.4 Å². The van der Waals surface area contributed by atoms with E-state index in [9.17, 15) is 13.2 Å². The molecule has 1 fully saturated rings. The van der Waals surface area contributed by atoms with Crippen molar-refractivity contribution >= 4 is 39.7 Å². The van der Waals surface area contributed by atoms with Crippen LogP contribution >= 0.6 is 23.8 Å². The monoisotopic (exact) mass is 491 g/mol. The van der Waals surface area contributed by atoms with Gasteiger partial charge in [-0.2, -0.15) is 9.40 Å². The first-order valence-electron chi connectivity index (χ1n) is 10.0. The first-order valence-corrected chi connectivity index (χ1v) is 12.2. The molecule has 0 radical (unpaired) electrons. The fraction of sp³-hybridized carbons (Fsp3) is 0.286. The van der Waals surface area contributed by atoms with Crippen LogP contribution in [0.5, 0.6) is 0 Å². The zero-order chi connectivity index (χ0) is 22.9. The first-order chi connectivity index (χ1) is 15.3. The Morgan fingerprint density at radius 2 is 1.84 bits per heavy atom. The summed E-state index contributed by atoms with van der Waals surface area (Å²) < 4.78 is 29.2. The van der Waals surface area contributed by atoms with Gasteiger partial charge in [-0.3, -0.25) is 14.5 Å². The number of sulfonamides is 1. The second-order valence-electron chi connectivity index (χ2n) is 7.52. The van der Waals surface area contributed by atoms with Gasteiger partial charge in [-0.25, -0.2) is 8.42 Å². The lowest BCUT2D eigenvalue weighted by Crippen LogP contribution is -2.51. The number of nitrogens with one attached hydrogen (secondary N) is 1. The number of nitrogens with zero attached hydrogens (tertiary/aromatic N) is 4. The van der Waals surface area contributed by atoms with Gasteiger partial charge < -0.3 is 4.90 Å². The summed E-state index contributed by atoms with van der Waals surface area (Å²) in [6.07, 6.45) is 0. The lowest BCUT2D eigenvalue weighted by atomic mass is 10.1. The molecule has 4 rings (SSSR count). The highest BCUT2D eigenvalue weighted by atomic mass is 35.5. The smallest absolute Gasteiger partial charge is 0.244 e. The van der Waals surface area contributed by atoms with Gasteiger partial charge in [0.2, 0.25) is 15.9 Å². The van der Waals surface area contributed by atoms with Crippen LogP contribution in [0.25, 0.3) is 11.4 Å². The summed E-state index contributed by atoms with van der Waals surface area (Å²) in [4.78, 5) is 14.7. The van der Waals surface area contributed by atoms with Crippen molar-refractivity contribution in [3.05, 3.63) is 63.9 Å². The quantitative estimate of drug-likeness (QED) is 0.554. The van der Waals surface area contributed by atoms with Gasteiger partial charge in [0, 0.05) is 31.7 Å². The first kappa shape index (κ1) is 22.7. The predicted octanol–water partition coefficient (Wildman–Crippen LogP) is 3.10. The number of aryl methyl sites for hydroxylation is 1. The molecule has 1 aliphatic rings. The van der Waals surface area contributed by atoms with Crippen molar-refractivity contribution in [3.63, 3.8) is 0 Å². The molecule has 8 nitrogen and oxygen atoms in total. The molecule has 0 bridgehead atoms. The molecule has 0 aliphatic carbocycles. The Hall–Kier alpha value is -2.53. The van der Waals surface area contributed by atoms with E-state index in [-0.39, 0.29) is 48.5 Å². The molecule has 0 atom stereocenters. The van der Waals surface area contributed by atoms with Gasteiger partial charge >= 0.3 is 0 Å². The topological polar surface area (TPSA) is 91.3 Å². The molecule has 11 heteroatoms. The number of hydrogen-bond donors (Lipinski definition) is 1. The van der Waals surface area contributed by atoms with Crippen LogP contribution in [0.2, 0.25) is 5.02 Å². The maximum atomic E-state index is 13.0. The molecule has 1 N–H and O–H groups in total. The van der Waals surface area contributed by atoms with E-state index in [4.69, 9.17) is 23.8 Å². The Labute approximate surface area is 196 Å². The molecule has 2 heterocycles. The molecule has 0 unspecified atom stereocenters. The Morgan fingerprint density at radius 3 is 2.53 bits per heavy atom. The zero-order valence-electron chi connectivity index (χ0n) is 17.4. The number of piperazine rings is 1. The number of benzene rings is 2. The Bertz CT molecular complexity index is 1310. The Balaban J connectivity index is 1.46. The van der Waals surface area contributed by atoms with Crippen molar-refractivity contribution < 1.29 is 13.2 Å². The van der Waals surface area contributed by atoms with Crippen LogP contribution in [0, 0.1) is 11.7 Å². The number of H-pyrrole nitrogens is 1. The van der Waals surface area contributed by atoms with Crippen molar-refractivity contribution in [2.75, 3.05) is 26.2 Å². The van der Waals surface area contributed by atoms with Crippen LogP contribution < -0.4 is 0 Å². The van der Waals surface area contributed by atoms with E-state index in [1.54, 1.807) is 27.7 Å². The summed E-state index contributed by atoms with van der Waals surface area (Å²) in [6.45, 7) is 2.97. The summed E-state index contributed by atoms with van der Waals surface area (Å²) in [7, 11) is -3.72. The van der Waals surface area contributed by atoms with Crippen LogP contribution in [0.1, 0.15) is 5.56 Å². The second kappa shape index (κ2) is 9.14. The molecule has 0 saturated carbocycles. The summed E-state index contributed by atoms with van der Waals surface area (Å²) >= 11 is 11.4. The van der Waals surface area contributed by atoms with Gasteiger partial charge in [-0.1, -0.05) is 47.5 Å². The molecular formula is C21H22ClN5O3S2. The normalized spacial score (nSPS) is 15.1. The number of halogens is 1. The van der Waals surface area contributed by atoms with Crippen LogP contribution in [-0.4, -0.2) is 64.5 Å². The van der Waals surface area contributed by atoms with E-state index in [1.807, 2.05) is 31.2 Å². The lowest BCUT2D eigenvalue weighted by molar-refractivity contribution is -0.133. The average Bonchev–Trinajstić information content (AvgIpc) is 3.14. The van der Waals surface area contributed by atoms with E-state index in [0.717, 1.165) is 11.1 Å². The second-order valence-corrected chi connectivity index (χ2v) is 10.2. The Morgan fingerprint density at radius 1 is 1.12 bits per heavy atom. The third kappa shape index (κ3) is 4.49. The molecule has 32 heavy (non-hydrogen) atoms. The minimum Gasteiger partial charge on any atom is -0.338 e. The van der Waals surface area contributed by atoms with Gasteiger partial charge in [-0.15, -0.1) is 0 Å². The van der Waals surface area contributed by atoms with E-state index < -0.39 is 10.0 Å². The van der Waals surface area contributed by atoms with E-state index in [1.165, 1.54) is 10.4 Å². The largest absolute Gasteiger partial charge is 0.338 e. The average molecular weight is 492 g/mol. The summed E-state index contributed by atoms with van der Waals surface area (Å²) in [5, 5.41) is 7.23. The fourth-order valence-corrected chi connectivity index (χ4v) is 5.79. The van der Waals surface area contributed by atoms with Crippen molar-refractivity contribution in [3.8, 4) is 11.4 Å². The Kier molecular flexibility index (Phi) is 6.47. The number of rotatable bonds is 5. The summed E-state index contributed by atoms with van der Waals surface area (Å²) in [5.74, 6) is 0.443. The minimum atomic E-state index is -3.72. The molecule has 3 aromatic rings. The summed E-state index contributed by atoms with van der Waals surface area (Å²) in [5.41, 5.74) is 1.94. The molecule has 168 valence electrons. The number of aromatic nitrogens is 3. The van der Waals surface area contributed by atoms with E-state index >= 15 is 0 Å². The lowest BCUT2D eigenvalue weighted by Gasteiger charge is -2.34. The highest BCUT2D eigenvalue weighted by molar-refractivity contribution is 7.89. The molecule has 0 spiro atoms. The number of aromatic amines is 1. The van der Waals surface area contributed by atoms with Gasteiger partial charge in [0.1, 0.15) is 11.4 Å². The standard InChI is InChI=1S/C21H22ClN5O3S2/c1-15-5-4-6-16(13-15)20-23-24-21(31)27(20)14-19(28)25-9-11-26(12-10-25)32(29,30)18-8-3-2-7-17(18)22/h2-8,13H,9-12,14H2,1H3,(H,24,31). The maximum Gasteiger partial charge on any atom is 0.244 e. The van der Waals surface area contributed by atoms with E-state index in [2.05, 4.69) is 10.2 Å². The molecule has 1 saturated heterocycles. The molecule has 1 aliphatic heterocycles. The predicted molar refractivity (Wildman–Crippen MR) is 124 cm³/mol. The fourth-order valence-electron chi connectivity index (χ4n) is 3.68. The maximum absolute atomic E-state index is 13.0. The van der Waals surface area contributed by atoms with Crippen LogP contribution in [0.3, 0.4) is 0 Å². The van der Waals surface area contributed by atoms with Crippen molar-refractivity contribution in [2.45, 2.75) is 18.4 Å². The third-order valence-electron chi connectivity index (χ3n) is 5.37. The van der Waals surface area contributed by atoms with Crippen LogP contribution in [0.15, 0.2) is 53.4 Å². The van der Waals surface area contributed by atoms with Gasteiger partial charge in [-0.05, 0) is 37.3 Å². The molecule has 2 aromatic carbocycles. The minimum absolute atomic E-state index is 0.0237. The number of carbonyl (C=O) groups excluding carboxylic acids is 1. The zero-order valence-corrected chi connectivity index (χ0v) is 19.8. The van der Waals surface area contributed by atoms with Crippen LogP contribution in [0.4, 0.5) is 0 Å². The van der Waals surface area contributed by atoms with Gasteiger partial charge in [0.25, 0.3) is 0 Å². The third-order valence-corrected chi connectivity index (χ3v) is 8.08. The molecule has 1 amide bonds. The number of amides is 1. The summed E-state index contributed by atoms with van der Waals surface area (Å²) in [6, 6.07) is 14.2. The SMILES string of the molecule is Cc1cccc(-c2n[nH]c(=S)n2CC(=O)N2CCN(S(=O)(=O)c3ccccc3Cl)CC2)c1. The van der Waals surface area contributed by atoms with E-state index in [0.29, 0.717) is 10.6 Å². The molecule has 1 aromatic heterocycles. The van der Waals surface area contributed by atoms with Crippen molar-refractivity contribution in [2.24, 2.45) is 0 Å². The highest BCUT2D eigenvalue weighted by Crippen LogP contribution is 2.25. The van der Waals surface area contributed by atoms with Crippen molar-refractivity contribution in [1.82, 2.24) is 24.0 Å².